The number of piperidine rings is 1. The molecule has 2 aliphatic heterocycles. The van der Waals surface area contributed by atoms with E-state index in [0.29, 0.717) is 25.1 Å². The second-order valence-electron chi connectivity index (χ2n) is 12.7. The summed E-state index contributed by atoms with van der Waals surface area (Å²) in [5.41, 5.74) is 2.85. The number of hydrogen-bond donors (Lipinski definition) is 1. The summed E-state index contributed by atoms with van der Waals surface area (Å²) in [6.07, 6.45) is 14.2. The van der Waals surface area contributed by atoms with Gasteiger partial charge in [-0.2, -0.15) is 0 Å². The van der Waals surface area contributed by atoms with Gasteiger partial charge in [-0.3, -0.25) is 19.7 Å². The highest BCUT2D eigenvalue weighted by Crippen LogP contribution is 2.34. The van der Waals surface area contributed by atoms with Crippen molar-refractivity contribution in [3.05, 3.63) is 51.2 Å². The standard InChI is InChI=1S/C34H48N4O4S/c1-36(19-9-4-3-5-10-20-37(2)26-11-7-6-8-12-26)21-25-13-15-27(16-14-25)42-23-31-28-22-38(34(41)29(28)24-43-31)30-17-18-32(39)35-33(30)40/h13-16,24,26,30H,3-12,17-23H2,1-2H3,(H,35,39,40). The number of amides is 3. The molecule has 43 heavy (non-hydrogen) atoms. The molecule has 0 radical (unpaired) electrons. The first kappa shape index (κ1) is 31.7. The molecule has 234 valence electrons. The first-order valence-corrected chi connectivity index (χ1v) is 17.1. The minimum absolute atomic E-state index is 0.141. The van der Waals surface area contributed by atoms with Crippen LogP contribution in [0, 0.1) is 0 Å². The van der Waals surface area contributed by atoms with Crippen LogP contribution in [0.2, 0.25) is 0 Å². The van der Waals surface area contributed by atoms with Crippen molar-refractivity contribution in [2.75, 3.05) is 27.2 Å². The van der Waals surface area contributed by atoms with E-state index < -0.39 is 6.04 Å². The third-order valence-corrected chi connectivity index (χ3v) is 10.4. The van der Waals surface area contributed by atoms with E-state index >= 15 is 0 Å². The average Bonchev–Trinajstić information content (AvgIpc) is 3.56. The maximum absolute atomic E-state index is 13.0. The monoisotopic (exact) mass is 608 g/mol. The molecular weight excluding hydrogens is 560 g/mol. The van der Waals surface area contributed by atoms with Crippen molar-refractivity contribution >= 4 is 29.1 Å². The summed E-state index contributed by atoms with van der Waals surface area (Å²) in [4.78, 5) is 44.4. The molecule has 1 unspecified atom stereocenters. The smallest absolute Gasteiger partial charge is 0.256 e. The quantitative estimate of drug-likeness (QED) is 0.205. The number of thiophene rings is 1. The SMILES string of the molecule is CN(CCCCCCCN(C)C1CCCCC1)Cc1ccc(OCc2scc3c2CN(C2CCC(=O)NC2=O)C3=O)cc1. The summed E-state index contributed by atoms with van der Waals surface area (Å²) in [6.45, 7) is 4.04. The number of nitrogens with one attached hydrogen (secondary N) is 1. The molecule has 5 rings (SSSR count). The predicted molar refractivity (Wildman–Crippen MR) is 170 cm³/mol. The molecule has 1 aromatic heterocycles. The number of nitrogens with zero attached hydrogens (tertiary/aromatic N) is 3. The zero-order valence-corrected chi connectivity index (χ0v) is 26.8. The maximum atomic E-state index is 13.0. The van der Waals surface area contributed by atoms with Gasteiger partial charge in [0, 0.05) is 41.4 Å². The molecule has 2 fully saturated rings. The molecule has 1 aliphatic carbocycles. The molecule has 8 nitrogen and oxygen atoms in total. The third-order valence-electron chi connectivity index (χ3n) is 9.38. The Bertz CT molecular complexity index is 1240. The van der Waals surface area contributed by atoms with Gasteiger partial charge in [0.2, 0.25) is 11.8 Å². The number of benzene rings is 1. The van der Waals surface area contributed by atoms with E-state index in [0.717, 1.165) is 35.3 Å². The zero-order valence-electron chi connectivity index (χ0n) is 25.9. The first-order chi connectivity index (χ1) is 20.9. The fraction of sp³-hybridized carbons (Fsp3) is 0.618. The highest BCUT2D eigenvalue weighted by Gasteiger charge is 2.40. The van der Waals surface area contributed by atoms with Gasteiger partial charge in [-0.15, -0.1) is 11.3 Å². The Morgan fingerprint density at radius 2 is 1.65 bits per heavy atom. The Morgan fingerprint density at radius 3 is 2.40 bits per heavy atom. The molecule has 1 atom stereocenters. The highest BCUT2D eigenvalue weighted by molar-refractivity contribution is 7.10. The molecule has 1 aromatic carbocycles. The number of hydrogen-bond acceptors (Lipinski definition) is 7. The van der Waals surface area contributed by atoms with Crippen molar-refractivity contribution in [1.82, 2.24) is 20.0 Å². The second-order valence-corrected chi connectivity index (χ2v) is 13.6. The minimum atomic E-state index is -0.593. The Labute approximate surface area is 260 Å². The van der Waals surface area contributed by atoms with Crippen LogP contribution in [0.3, 0.4) is 0 Å². The largest absolute Gasteiger partial charge is 0.488 e. The number of carbonyl (C=O) groups excluding carboxylic acids is 3. The Morgan fingerprint density at radius 1 is 0.930 bits per heavy atom. The lowest BCUT2D eigenvalue weighted by Crippen LogP contribution is -2.52. The van der Waals surface area contributed by atoms with Gasteiger partial charge in [0.15, 0.2) is 0 Å². The molecular formula is C34H48N4O4S. The number of carbonyl (C=O) groups is 3. The lowest BCUT2D eigenvalue weighted by molar-refractivity contribution is -0.136. The summed E-state index contributed by atoms with van der Waals surface area (Å²) in [7, 11) is 4.52. The molecule has 3 aliphatic rings. The Hall–Kier alpha value is -2.75. The molecule has 3 heterocycles. The molecule has 3 amide bonds. The average molecular weight is 609 g/mol. The van der Waals surface area contributed by atoms with Gasteiger partial charge < -0.3 is 19.4 Å². The van der Waals surface area contributed by atoms with Gasteiger partial charge in [0.25, 0.3) is 5.91 Å². The fourth-order valence-electron chi connectivity index (χ4n) is 6.73. The molecule has 0 bridgehead atoms. The van der Waals surface area contributed by atoms with Gasteiger partial charge in [-0.1, -0.05) is 50.7 Å². The van der Waals surface area contributed by atoms with Crippen LogP contribution in [-0.4, -0.2) is 71.7 Å². The fourth-order valence-corrected chi connectivity index (χ4v) is 7.68. The van der Waals surface area contributed by atoms with E-state index in [1.165, 1.54) is 87.7 Å². The van der Waals surface area contributed by atoms with Crippen molar-refractivity contribution < 1.29 is 19.1 Å². The predicted octanol–water partition coefficient (Wildman–Crippen LogP) is 5.73. The van der Waals surface area contributed by atoms with Crippen molar-refractivity contribution in [2.45, 2.75) is 109 Å². The number of fused-ring (bicyclic) bond motifs is 1. The van der Waals surface area contributed by atoms with Crippen LogP contribution < -0.4 is 10.1 Å². The Kier molecular flexibility index (Phi) is 11.3. The van der Waals surface area contributed by atoms with Crippen molar-refractivity contribution in [1.29, 1.82) is 0 Å². The van der Waals surface area contributed by atoms with Crippen LogP contribution in [0.15, 0.2) is 29.6 Å². The van der Waals surface area contributed by atoms with E-state index in [4.69, 9.17) is 4.74 Å². The molecule has 0 spiro atoms. The highest BCUT2D eigenvalue weighted by atomic mass is 32.1. The first-order valence-electron chi connectivity index (χ1n) is 16.2. The lowest BCUT2D eigenvalue weighted by Gasteiger charge is -2.31. The third kappa shape index (κ3) is 8.46. The van der Waals surface area contributed by atoms with Crippen molar-refractivity contribution in [2.24, 2.45) is 0 Å². The van der Waals surface area contributed by atoms with E-state index in [2.05, 4.69) is 41.3 Å². The summed E-state index contributed by atoms with van der Waals surface area (Å²) >= 11 is 1.52. The molecule has 1 saturated heterocycles. The summed E-state index contributed by atoms with van der Waals surface area (Å²) in [6, 6.07) is 8.52. The van der Waals surface area contributed by atoms with Crippen LogP contribution >= 0.6 is 11.3 Å². The zero-order chi connectivity index (χ0) is 30.2. The maximum Gasteiger partial charge on any atom is 0.256 e. The van der Waals surface area contributed by atoms with E-state index in [-0.39, 0.29) is 24.1 Å². The summed E-state index contributed by atoms with van der Waals surface area (Å²) < 4.78 is 6.09. The molecule has 9 heteroatoms. The van der Waals surface area contributed by atoms with Crippen LogP contribution in [-0.2, 0) is 29.3 Å². The summed E-state index contributed by atoms with van der Waals surface area (Å²) in [5, 5.41) is 4.21. The Balaban J connectivity index is 0.976. The van der Waals surface area contributed by atoms with Crippen molar-refractivity contribution in [3.63, 3.8) is 0 Å². The van der Waals surface area contributed by atoms with Crippen LogP contribution in [0.4, 0.5) is 0 Å². The van der Waals surface area contributed by atoms with Gasteiger partial charge in [-0.05, 0) is 77.0 Å². The van der Waals surface area contributed by atoms with E-state index in [1.807, 2.05) is 17.5 Å². The van der Waals surface area contributed by atoms with E-state index in [1.54, 1.807) is 4.90 Å². The topological polar surface area (TPSA) is 82.2 Å². The number of ether oxygens (including phenoxy) is 1. The van der Waals surface area contributed by atoms with Gasteiger partial charge in [-0.25, -0.2) is 0 Å². The number of imide groups is 1. The summed E-state index contributed by atoms with van der Waals surface area (Å²) in [5.74, 6) is 0.000458. The molecule has 1 saturated carbocycles. The van der Waals surface area contributed by atoms with Gasteiger partial charge in [0.05, 0.1) is 5.56 Å². The lowest BCUT2D eigenvalue weighted by atomic mass is 9.94. The van der Waals surface area contributed by atoms with Crippen LogP contribution in [0.5, 0.6) is 5.75 Å². The van der Waals surface area contributed by atoms with Crippen molar-refractivity contribution in [3.8, 4) is 5.75 Å². The molecule has 2 aromatic rings. The van der Waals surface area contributed by atoms with Gasteiger partial charge in [0.1, 0.15) is 18.4 Å². The van der Waals surface area contributed by atoms with Gasteiger partial charge >= 0.3 is 0 Å². The number of unbranched alkanes of at least 4 members (excludes halogenated alkanes) is 4. The second kappa shape index (κ2) is 15.3. The normalized spacial score (nSPS) is 19.4. The number of rotatable bonds is 15. The van der Waals surface area contributed by atoms with Crippen LogP contribution in [0.1, 0.15) is 103 Å². The van der Waals surface area contributed by atoms with Crippen LogP contribution in [0.25, 0.3) is 0 Å². The molecule has 1 N–H and O–H groups in total. The minimum Gasteiger partial charge on any atom is -0.488 e. The van der Waals surface area contributed by atoms with E-state index in [9.17, 15) is 14.4 Å².